The Labute approximate surface area is 137 Å². The Morgan fingerprint density at radius 1 is 1.22 bits per heavy atom. The molecular weight excluding hydrogens is 322 g/mol. The Morgan fingerprint density at radius 3 is 2.57 bits per heavy atom. The average Bonchev–Trinajstić information content (AvgIpc) is 3.09. The number of nitro benzene ring substituents is 1. The molecule has 120 valence electrons. The van der Waals surface area contributed by atoms with Crippen molar-refractivity contribution in [2.24, 2.45) is 0 Å². The molecule has 7 nitrogen and oxygen atoms in total. The van der Waals surface area contributed by atoms with Gasteiger partial charge in [-0.15, -0.1) is 0 Å². The van der Waals surface area contributed by atoms with Crippen LogP contribution in [0, 0.1) is 10.1 Å². The molecule has 1 saturated heterocycles. The second-order valence-electron chi connectivity index (χ2n) is 5.18. The highest BCUT2D eigenvalue weighted by Gasteiger charge is 2.26. The fraction of sp³-hybridized carbons (Fsp3) is 0.267. The lowest BCUT2D eigenvalue weighted by Crippen LogP contribution is -2.48. The Hall–Kier alpha value is -2.54. The number of nitrogens with zero attached hydrogens (tertiary/aromatic N) is 3. The summed E-state index contributed by atoms with van der Waals surface area (Å²) in [7, 11) is 0. The minimum atomic E-state index is -0.440. The summed E-state index contributed by atoms with van der Waals surface area (Å²) in [4.78, 5) is 26.6. The van der Waals surface area contributed by atoms with Gasteiger partial charge in [-0.05, 0) is 18.2 Å². The third-order valence-corrected chi connectivity index (χ3v) is 4.04. The molecule has 1 amide bonds. The van der Waals surface area contributed by atoms with Gasteiger partial charge in [-0.2, -0.15) is 0 Å². The van der Waals surface area contributed by atoms with Gasteiger partial charge >= 0.3 is 0 Å². The molecule has 1 aliphatic heterocycles. The van der Waals surface area contributed by atoms with Crippen LogP contribution in [-0.2, 0) is 0 Å². The van der Waals surface area contributed by atoms with Gasteiger partial charge in [0.15, 0.2) is 0 Å². The van der Waals surface area contributed by atoms with E-state index >= 15 is 0 Å². The highest BCUT2D eigenvalue weighted by Crippen LogP contribution is 2.31. The molecule has 1 aromatic carbocycles. The third-order valence-electron chi connectivity index (χ3n) is 3.81. The van der Waals surface area contributed by atoms with Crippen LogP contribution in [0.4, 0.5) is 11.4 Å². The van der Waals surface area contributed by atoms with Crippen molar-refractivity contribution in [3.63, 3.8) is 0 Å². The Kier molecular flexibility index (Phi) is 4.20. The molecule has 1 aliphatic rings. The van der Waals surface area contributed by atoms with Crippen LogP contribution in [-0.4, -0.2) is 41.9 Å². The number of furan rings is 1. The number of hydrogen-bond donors (Lipinski definition) is 0. The molecule has 1 fully saturated rings. The molecular formula is C15H14ClN3O4. The first-order valence-electron chi connectivity index (χ1n) is 7.06. The number of carbonyl (C=O) groups is 1. The number of anilines is 1. The quantitative estimate of drug-likeness (QED) is 0.636. The van der Waals surface area contributed by atoms with Crippen LogP contribution >= 0.6 is 11.6 Å². The lowest BCUT2D eigenvalue weighted by molar-refractivity contribution is -0.384. The van der Waals surface area contributed by atoms with E-state index in [1.165, 1.54) is 18.6 Å². The summed E-state index contributed by atoms with van der Waals surface area (Å²) in [6.45, 7) is 2.02. The number of hydrogen-bond acceptors (Lipinski definition) is 5. The summed E-state index contributed by atoms with van der Waals surface area (Å²) < 4.78 is 4.92. The van der Waals surface area contributed by atoms with Crippen LogP contribution in [0.1, 0.15) is 10.4 Å². The molecule has 1 aromatic heterocycles. The minimum absolute atomic E-state index is 0.0212. The molecule has 0 aliphatic carbocycles. The van der Waals surface area contributed by atoms with E-state index in [-0.39, 0.29) is 11.6 Å². The van der Waals surface area contributed by atoms with E-state index < -0.39 is 4.92 Å². The molecule has 0 bridgehead atoms. The van der Waals surface area contributed by atoms with Gasteiger partial charge in [0.05, 0.1) is 16.7 Å². The zero-order valence-electron chi connectivity index (χ0n) is 12.1. The summed E-state index contributed by atoms with van der Waals surface area (Å²) in [5, 5.41) is 11.5. The zero-order chi connectivity index (χ0) is 16.4. The molecule has 0 radical (unpaired) electrons. The molecule has 23 heavy (non-hydrogen) atoms. The predicted molar refractivity (Wildman–Crippen MR) is 84.9 cm³/mol. The van der Waals surface area contributed by atoms with Crippen LogP contribution in [0.2, 0.25) is 5.02 Å². The second-order valence-corrected chi connectivity index (χ2v) is 5.62. The summed E-state index contributed by atoms with van der Waals surface area (Å²) in [6, 6.07) is 6.25. The molecule has 2 heterocycles. The van der Waals surface area contributed by atoms with E-state index in [0.29, 0.717) is 42.5 Å². The third kappa shape index (κ3) is 3.14. The van der Waals surface area contributed by atoms with Crippen LogP contribution in [0.3, 0.4) is 0 Å². The summed E-state index contributed by atoms with van der Waals surface area (Å²) >= 11 is 5.84. The van der Waals surface area contributed by atoms with E-state index in [9.17, 15) is 14.9 Å². The van der Waals surface area contributed by atoms with Crippen molar-refractivity contribution in [2.45, 2.75) is 0 Å². The highest BCUT2D eigenvalue weighted by molar-refractivity contribution is 6.30. The van der Waals surface area contributed by atoms with Gasteiger partial charge in [-0.3, -0.25) is 14.9 Å². The smallest absolute Gasteiger partial charge is 0.294 e. The topological polar surface area (TPSA) is 79.8 Å². The van der Waals surface area contributed by atoms with Crippen LogP contribution < -0.4 is 4.90 Å². The first-order valence-corrected chi connectivity index (χ1v) is 7.44. The molecule has 0 saturated carbocycles. The molecule has 0 unspecified atom stereocenters. The van der Waals surface area contributed by atoms with Crippen molar-refractivity contribution in [2.75, 3.05) is 31.1 Å². The average molecular weight is 336 g/mol. The van der Waals surface area contributed by atoms with Gasteiger partial charge in [-0.25, -0.2) is 0 Å². The van der Waals surface area contributed by atoms with Gasteiger partial charge in [-0.1, -0.05) is 11.6 Å². The maximum Gasteiger partial charge on any atom is 0.294 e. The predicted octanol–water partition coefficient (Wildman–Crippen LogP) is 2.80. The minimum Gasteiger partial charge on any atom is -0.472 e. The number of nitro groups is 1. The maximum absolute atomic E-state index is 12.2. The molecule has 3 rings (SSSR count). The van der Waals surface area contributed by atoms with Gasteiger partial charge in [0.25, 0.3) is 11.6 Å². The van der Waals surface area contributed by atoms with E-state index in [1.54, 1.807) is 23.1 Å². The molecule has 8 heteroatoms. The number of rotatable bonds is 3. The van der Waals surface area contributed by atoms with Gasteiger partial charge < -0.3 is 14.2 Å². The van der Waals surface area contributed by atoms with Crippen LogP contribution in [0.15, 0.2) is 41.2 Å². The molecule has 0 spiro atoms. The van der Waals surface area contributed by atoms with Gasteiger partial charge in [0.2, 0.25) is 0 Å². The summed E-state index contributed by atoms with van der Waals surface area (Å²) in [5.41, 5.74) is 1.01. The van der Waals surface area contributed by atoms with Crippen molar-refractivity contribution in [3.8, 4) is 0 Å². The van der Waals surface area contributed by atoms with Gasteiger partial charge in [0, 0.05) is 37.3 Å². The Bertz CT molecular complexity index is 724. The zero-order valence-corrected chi connectivity index (χ0v) is 12.9. The van der Waals surface area contributed by atoms with Crippen molar-refractivity contribution in [1.29, 1.82) is 0 Å². The fourth-order valence-electron chi connectivity index (χ4n) is 2.63. The number of carbonyl (C=O) groups excluding carboxylic acids is 1. The van der Waals surface area contributed by atoms with E-state index in [4.69, 9.17) is 16.0 Å². The standard InChI is InChI=1S/C15H14ClN3O4/c16-12-1-2-13(14(9-12)19(21)22)17-4-6-18(7-5-17)15(20)11-3-8-23-10-11/h1-3,8-10H,4-7H2. The van der Waals surface area contributed by atoms with Crippen molar-refractivity contribution in [1.82, 2.24) is 4.90 Å². The van der Waals surface area contributed by atoms with Crippen LogP contribution in [0.5, 0.6) is 0 Å². The highest BCUT2D eigenvalue weighted by atomic mass is 35.5. The number of amides is 1. The van der Waals surface area contributed by atoms with Crippen molar-refractivity contribution in [3.05, 3.63) is 57.5 Å². The van der Waals surface area contributed by atoms with Crippen molar-refractivity contribution >= 4 is 28.9 Å². The SMILES string of the molecule is O=C(c1ccoc1)N1CCN(c2ccc(Cl)cc2[N+](=O)[O-])CC1. The van der Waals surface area contributed by atoms with E-state index in [1.807, 2.05) is 4.90 Å². The summed E-state index contributed by atoms with van der Waals surface area (Å²) in [6.07, 6.45) is 2.87. The molecule has 2 aromatic rings. The Morgan fingerprint density at radius 2 is 1.96 bits per heavy atom. The van der Waals surface area contributed by atoms with Crippen LogP contribution in [0.25, 0.3) is 0 Å². The normalized spacial score (nSPS) is 14.8. The maximum atomic E-state index is 12.2. The number of halogens is 1. The molecule has 0 N–H and O–H groups in total. The Balaban J connectivity index is 1.72. The summed E-state index contributed by atoms with van der Waals surface area (Å²) in [5.74, 6) is -0.0935. The lowest BCUT2D eigenvalue weighted by Gasteiger charge is -2.35. The molecule has 0 atom stereocenters. The number of benzene rings is 1. The largest absolute Gasteiger partial charge is 0.472 e. The fourth-order valence-corrected chi connectivity index (χ4v) is 2.80. The van der Waals surface area contributed by atoms with Gasteiger partial charge in [0.1, 0.15) is 12.0 Å². The van der Waals surface area contributed by atoms with E-state index in [0.717, 1.165) is 0 Å². The monoisotopic (exact) mass is 335 g/mol. The first-order chi connectivity index (χ1) is 11.1. The lowest BCUT2D eigenvalue weighted by atomic mass is 10.2. The second kappa shape index (κ2) is 6.29. The van der Waals surface area contributed by atoms with E-state index in [2.05, 4.69) is 0 Å². The van der Waals surface area contributed by atoms with Crippen molar-refractivity contribution < 1.29 is 14.1 Å². The number of piperazine rings is 1. The first kappa shape index (κ1) is 15.4.